The molecule has 20 heavy (non-hydrogen) atoms. The maximum absolute atomic E-state index is 13.6. The van der Waals surface area contributed by atoms with Gasteiger partial charge in [0.1, 0.15) is 17.5 Å². The summed E-state index contributed by atoms with van der Waals surface area (Å²) in [6.07, 6.45) is 0.225. The number of esters is 1. The number of nitrogens with two attached hydrogens (primary N) is 1. The third-order valence-electron chi connectivity index (χ3n) is 3.04. The second-order valence-electron chi connectivity index (χ2n) is 5.51. The molecular formula is C14H18F3NO2. The number of carbonyl (C=O) groups excluding carboxylic acids is 1. The lowest BCUT2D eigenvalue weighted by atomic mass is 9.81. The summed E-state index contributed by atoms with van der Waals surface area (Å²) in [5.41, 5.74) is 4.83. The molecule has 0 aliphatic carbocycles. The van der Waals surface area contributed by atoms with Gasteiger partial charge in [-0.1, -0.05) is 13.8 Å². The fraction of sp³-hybridized carbons (Fsp3) is 0.500. The Morgan fingerprint density at radius 2 is 1.80 bits per heavy atom. The van der Waals surface area contributed by atoms with Crippen LogP contribution in [0.25, 0.3) is 0 Å². The van der Waals surface area contributed by atoms with Gasteiger partial charge in [-0.3, -0.25) is 4.79 Å². The van der Waals surface area contributed by atoms with Crippen LogP contribution >= 0.6 is 0 Å². The van der Waals surface area contributed by atoms with E-state index in [1.54, 1.807) is 13.8 Å². The van der Waals surface area contributed by atoms with Crippen LogP contribution in [-0.2, 0) is 9.53 Å². The molecule has 0 radical (unpaired) electrons. The van der Waals surface area contributed by atoms with E-state index in [-0.39, 0.29) is 18.4 Å². The molecule has 1 atom stereocenters. The molecule has 0 amide bonds. The second-order valence-corrected chi connectivity index (χ2v) is 5.51. The van der Waals surface area contributed by atoms with Crippen molar-refractivity contribution in [3.8, 4) is 0 Å². The lowest BCUT2D eigenvalue weighted by molar-refractivity contribution is -0.143. The van der Waals surface area contributed by atoms with Crippen molar-refractivity contribution in [1.82, 2.24) is 0 Å². The lowest BCUT2D eigenvalue weighted by Crippen LogP contribution is -2.26. The average Bonchev–Trinajstić information content (AvgIpc) is 2.25. The van der Waals surface area contributed by atoms with E-state index in [9.17, 15) is 18.0 Å². The van der Waals surface area contributed by atoms with Crippen molar-refractivity contribution in [3.05, 3.63) is 35.1 Å². The zero-order valence-corrected chi connectivity index (χ0v) is 11.7. The highest BCUT2D eigenvalue weighted by atomic mass is 19.1. The van der Waals surface area contributed by atoms with Gasteiger partial charge < -0.3 is 10.5 Å². The monoisotopic (exact) mass is 289 g/mol. The van der Waals surface area contributed by atoms with E-state index in [4.69, 9.17) is 5.73 Å². The third-order valence-corrected chi connectivity index (χ3v) is 3.04. The van der Waals surface area contributed by atoms with Gasteiger partial charge in [-0.25, -0.2) is 13.2 Å². The van der Waals surface area contributed by atoms with Crippen molar-refractivity contribution in [2.75, 3.05) is 7.11 Å². The zero-order chi connectivity index (χ0) is 15.5. The maximum Gasteiger partial charge on any atom is 0.306 e. The smallest absolute Gasteiger partial charge is 0.306 e. The SMILES string of the molecule is COC(=O)CC(C)(C)CC(N)c1c(F)cc(F)cc1F. The molecule has 1 aromatic rings. The number of ether oxygens (including phenoxy) is 1. The van der Waals surface area contributed by atoms with Crippen LogP contribution in [0.5, 0.6) is 0 Å². The molecule has 0 aromatic heterocycles. The van der Waals surface area contributed by atoms with Gasteiger partial charge in [0.25, 0.3) is 0 Å². The quantitative estimate of drug-likeness (QED) is 0.847. The van der Waals surface area contributed by atoms with Crippen molar-refractivity contribution in [3.63, 3.8) is 0 Å². The van der Waals surface area contributed by atoms with Crippen LogP contribution in [0, 0.1) is 22.9 Å². The molecule has 1 aromatic carbocycles. The number of halogens is 3. The van der Waals surface area contributed by atoms with Crippen LogP contribution in [0.1, 0.15) is 38.3 Å². The molecule has 2 N–H and O–H groups in total. The minimum atomic E-state index is -1.02. The molecule has 0 aliphatic rings. The van der Waals surface area contributed by atoms with E-state index >= 15 is 0 Å². The Morgan fingerprint density at radius 1 is 1.30 bits per heavy atom. The van der Waals surface area contributed by atoms with Crippen LogP contribution in [0.4, 0.5) is 13.2 Å². The van der Waals surface area contributed by atoms with Gasteiger partial charge in [-0.15, -0.1) is 0 Å². The number of methoxy groups -OCH3 is 1. The average molecular weight is 289 g/mol. The third kappa shape index (κ3) is 4.23. The Morgan fingerprint density at radius 3 is 2.25 bits per heavy atom. The van der Waals surface area contributed by atoms with Crippen molar-refractivity contribution in [2.24, 2.45) is 11.1 Å². The molecule has 3 nitrogen and oxygen atoms in total. The maximum atomic E-state index is 13.6. The molecule has 0 aliphatic heterocycles. The number of hydrogen-bond acceptors (Lipinski definition) is 3. The number of carbonyl (C=O) groups is 1. The summed E-state index contributed by atoms with van der Waals surface area (Å²) < 4.78 is 44.6. The number of rotatable bonds is 5. The first-order valence-electron chi connectivity index (χ1n) is 6.13. The van der Waals surface area contributed by atoms with Gasteiger partial charge in [0.15, 0.2) is 0 Å². The van der Waals surface area contributed by atoms with Gasteiger partial charge in [0.2, 0.25) is 0 Å². The van der Waals surface area contributed by atoms with Gasteiger partial charge in [-0.05, 0) is 11.8 Å². The van der Waals surface area contributed by atoms with Gasteiger partial charge in [-0.2, -0.15) is 0 Å². The normalized spacial score (nSPS) is 13.2. The minimum absolute atomic E-state index is 0.0711. The van der Waals surface area contributed by atoms with Crippen molar-refractivity contribution in [1.29, 1.82) is 0 Å². The molecule has 1 unspecified atom stereocenters. The Labute approximate surface area is 115 Å². The van der Waals surface area contributed by atoms with Crippen molar-refractivity contribution in [2.45, 2.75) is 32.7 Å². The van der Waals surface area contributed by atoms with Crippen molar-refractivity contribution < 1.29 is 22.7 Å². The van der Waals surface area contributed by atoms with Crippen LogP contribution in [0.15, 0.2) is 12.1 Å². The standard InChI is InChI=1S/C14H18F3NO2/c1-14(2,7-12(19)20-3)6-11(18)13-9(16)4-8(15)5-10(13)17/h4-5,11H,6-7,18H2,1-3H3. The number of hydrogen-bond donors (Lipinski definition) is 1. The highest BCUT2D eigenvalue weighted by Crippen LogP contribution is 2.34. The first-order chi connectivity index (χ1) is 9.16. The molecule has 0 saturated carbocycles. The van der Waals surface area contributed by atoms with E-state index < -0.39 is 34.9 Å². The summed E-state index contributed by atoms with van der Waals surface area (Å²) in [5, 5.41) is 0. The molecule has 0 fully saturated rings. The zero-order valence-electron chi connectivity index (χ0n) is 11.7. The van der Waals surface area contributed by atoms with E-state index in [0.717, 1.165) is 0 Å². The summed E-state index contributed by atoms with van der Waals surface area (Å²) in [7, 11) is 1.26. The van der Waals surface area contributed by atoms with Crippen LogP contribution in [0.3, 0.4) is 0 Å². The molecule has 0 bridgehead atoms. The van der Waals surface area contributed by atoms with Gasteiger partial charge >= 0.3 is 5.97 Å². The Hall–Kier alpha value is -1.56. The molecule has 0 heterocycles. The molecular weight excluding hydrogens is 271 g/mol. The molecule has 6 heteroatoms. The Balaban J connectivity index is 2.91. The molecule has 1 rings (SSSR count). The predicted molar refractivity (Wildman–Crippen MR) is 68.3 cm³/mol. The summed E-state index contributed by atoms with van der Waals surface area (Å²) in [6, 6.07) is 0.201. The molecule has 112 valence electrons. The van der Waals surface area contributed by atoms with Crippen molar-refractivity contribution >= 4 is 5.97 Å². The predicted octanol–water partition coefficient (Wildman–Crippen LogP) is 3.08. The highest BCUT2D eigenvalue weighted by Gasteiger charge is 2.28. The van der Waals surface area contributed by atoms with E-state index in [2.05, 4.69) is 4.74 Å². The Kier molecular flexibility index (Phi) is 5.16. The highest BCUT2D eigenvalue weighted by molar-refractivity contribution is 5.69. The lowest BCUT2D eigenvalue weighted by Gasteiger charge is -2.27. The van der Waals surface area contributed by atoms with Crippen LogP contribution in [0.2, 0.25) is 0 Å². The van der Waals surface area contributed by atoms with Crippen LogP contribution in [-0.4, -0.2) is 13.1 Å². The first-order valence-corrected chi connectivity index (χ1v) is 6.13. The minimum Gasteiger partial charge on any atom is -0.469 e. The fourth-order valence-electron chi connectivity index (χ4n) is 2.14. The van der Waals surface area contributed by atoms with E-state index in [1.165, 1.54) is 7.11 Å². The summed E-state index contributed by atoms with van der Waals surface area (Å²) in [4.78, 5) is 11.3. The Bertz CT molecular complexity index is 480. The van der Waals surface area contributed by atoms with Crippen LogP contribution < -0.4 is 5.73 Å². The number of benzene rings is 1. The van der Waals surface area contributed by atoms with Gasteiger partial charge in [0.05, 0.1) is 13.5 Å². The van der Waals surface area contributed by atoms with Gasteiger partial charge in [0, 0.05) is 23.7 Å². The summed E-state index contributed by atoms with van der Waals surface area (Å²) in [5.74, 6) is -3.47. The topological polar surface area (TPSA) is 52.3 Å². The first kappa shape index (κ1) is 16.5. The molecule has 0 saturated heterocycles. The summed E-state index contributed by atoms with van der Waals surface area (Å²) in [6.45, 7) is 3.48. The van der Waals surface area contributed by atoms with E-state index in [0.29, 0.717) is 12.1 Å². The summed E-state index contributed by atoms with van der Waals surface area (Å²) >= 11 is 0. The fourth-order valence-corrected chi connectivity index (χ4v) is 2.14. The van der Waals surface area contributed by atoms with E-state index in [1.807, 2.05) is 0 Å². The molecule has 0 spiro atoms. The second kappa shape index (κ2) is 6.26. The largest absolute Gasteiger partial charge is 0.469 e.